The molecule has 1 aromatic carbocycles. The Kier molecular flexibility index (Phi) is 4.44. The van der Waals surface area contributed by atoms with Crippen molar-refractivity contribution in [3.8, 4) is 11.4 Å². The zero-order valence-electron chi connectivity index (χ0n) is 16.0. The maximum atomic E-state index is 4.55. The molecule has 4 rings (SSSR count). The molecule has 0 aliphatic heterocycles. The Morgan fingerprint density at radius 1 is 1.11 bits per heavy atom. The van der Waals surface area contributed by atoms with E-state index in [9.17, 15) is 0 Å². The van der Waals surface area contributed by atoms with Crippen LogP contribution < -0.4 is 4.90 Å². The van der Waals surface area contributed by atoms with Gasteiger partial charge >= 0.3 is 0 Å². The van der Waals surface area contributed by atoms with Gasteiger partial charge in [-0.1, -0.05) is 12.1 Å². The second kappa shape index (κ2) is 6.92. The molecule has 27 heavy (non-hydrogen) atoms. The lowest BCUT2D eigenvalue weighted by molar-refractivity contribution is 0.401. The molecule has 1 N–H and O–H groups in total. The van der Waals surface area contributed by atoms with Crippen LogP contribution in [0.15, 0.2) is 24.5 Å². The minimum atomic E-state index is 0.602. The summed E-state index contributed by atoms with van der Waals surface area (Å²) in [6.07, 6.45) is 2.68. The summed E-state index contributed by atoms with van der Waals surface area (Å²) < 4.78 is 0. The number of rotatable bonds is 6. The average molecular weight is 365 g/mol. The van der Waals surface area contributed by atoms with Gasteiger partial charge in [0.15, 0.2) is 0 Å². The van der Waals surface area contributed by atoms with Crippen molar-refractivity contribution in [1.82, 2.24) is 40.1 Å². The molecule has 3 aromatic heterocycles. The van der Waals surface area contributed by atoms with Gasteiger partial charge in [-0.2, -0.15) is 4.80 Å². The number of hydrogen-bond acceptors (Lipinski definition) is 7. The molecule has 0 atom stereocenters. The van der Waals surface area contributed by atoms with E-state index in [1.54, 1.807) is 13.4 Å². The van der Waals surface area contributed by atoms with Crippen LogP contribution >= 0.6 is 0 Å². The number of aromatic nitrogens is 7. The molecule has 0 aliphatic carbocycles. The van der Waals surface area contributed by atoms with E-state index in [1.165, 1.54) is 4.80 Å². The van der Waals surface area contributed by atoms with E-state index in [-0.39, 0.29) is 0 Å². The van der Waals surface area contributed by atoms with Gasteiger partial charge in [0.25, 0.3) is 0 Å². The van der Waals surface area contributed by atoms with Crippen LogP contribution in [-0.4, -0.2) is 74.3 Å². The summed E-state index contributed by atoms with van der Waals surface area (Å²) in [5.41, 5.74) is 2.73. The van der Waals surface area contributed by atoms with E-state index < -0.39 is 0 Å². The number of nitrogens with one attached hydrogen (secondary N) is 1. The van der Waals surface area contributed by atoms with Gasteiger partial charge in [-0.05, 0) is 38.3 Å². The van der Waals surface area contributed by atoms with Crippen molar-refractivity contribution < 1.29 is 0 Å². The van der Waals surface area contributed by atoms with Crippen LogP contribution in [0, 0.1) is 0 Å². The fraction of sp³-hybridized carbons (Fsp3) is 0.389. The first kappa shape index (κ1) is 17.3. The molecule has 0 unspecified atom stereocenters. The van der Waals surface area contributed by atoms with Crippen molar-refractivity contribution in [3.05, 3.63) is 24.5 Å². The number of tetrazole rings is 1. The first-order valence-corrected chi connectivity index (χ1v) is 8.89. The van der Waals surface area contributed by atoms with E-state index in [2.05, 4.69) is 67.4 Å². The molecule has 0 amide bonds. The second-order valence-corrected chi connectivity index (χ2v) is 6.99. The zero-order chi connectivity index (χ0) is 19.0. The Morgan fingerprint density at radius 3 is 2.70 bits per heavy atom. The quantitative estimate of drug-likeness (QED) is 0.556. The fourth-order valence-corrected chi connectivity index (χ4v) is 3.27. The monoisotopic (exact) mass is 365 g/mol. The van der Waals surface area contributed by atoms with Crippen LogP contribution in [0.1, 0.15) is 6.42 Å². The minimum Gasteiger partial charge on any atom is -0.359 e. The molecule has 0 fully saturated rings. The summed E-state index contributed by atoms with van der Waals surface area (Å²) >= 11 is 0. The third-order valence-corrected chi connectivity index (χ3v) is 4.60. The number of anilines is 1. The number of H-pyrrole nitrogens is 1. The summed E-state index contributed by atoms with van der Waals surface area (Å²) in [6, 6.07) is 6.11. The fourth-order valence-electron chi connectivity index (χ4n) is 3.27. The van der Waals surface area contributed by atoms with Crippen molar-refractivity contribution in [2.75, 3.05) is 39.1 Å². The molecule has 0 saturated heterocycles. The molecule has 0 saturated carbocycles. The summed E-state index contributed by atoms with van der Waals surface area (Å²) in [7, 11) is 8.01. The van der Waals surface area contributed by atoms with Crippen LogP contribution in [-0.2, 0) is 7.05 Å². The zero-order valence-corrected chi connectivity index (χ0v) is 16.0. The number of aryl methyl sites for hydroxylation is 1. The van der Waals surface area contributed by atoms with E-state index in [1.807, 2.05) is 12.1 Å². The lowest BCUT2D eigenvalue weighted by Gasteiger charge is -2.20. The maximum Gasteiger partial charge on any atom is 0.204 e. The highest BCUT2D eigenvalue weighted by atomic mass is 15.6. The maximum absolute atomic E-state index is 4.55. The number of aromatic amines is 1. The molecule has 4 aromatic rings. The van der Waals surface area contributed by atoms with Gasteiger partial charge < -0.3 is 14.8 Å². The van der Waals surface area contributed by atoms with E-state index in [0.717, 1.165) is 52.8 Å². The molecule has 0 bridgehead atoms. The lowest BCUT2D eigenvalue weighted by atomic mass is 10.1. The van der Waals surface area contributed by atoms with E-state index >= 15 is 0 Å². The standard InChI is InChI=1S/C18H23N9/c1-25(2)8-5-9-26(3)18-15-13-7-6-12(16-22-24-27(4)23-16)10-14(13)21-17(15)19-11-20-18/h6-7,10-11H,5,8-9H2,1-4H3,(H,19,20,21). The first-order chi connectivity index (χ1) is 13.0. The van der Waals surface area contributed by atoms with Crippen molar-refractivity contribution in [1.29, 1.82) is 0 Å². The van der Waals surface area contributed by atoms with Crippen molar-refractivity contribution >= 4 is 27.8 Å². The Morgan fingerprint density at radius 2 is 1.96 bits per heavy atom. The number of nitrogens with zero attached hydrogens (tertiary/aromatic N) is 8. The topological polar surface area (TPSA) is 91.7 Å². The van der Waals surface area contributed by atoms with Gasteiger partial charge in [0.1, 0.15) is 17.8 Å². The largest absolute Gasteiger partial charge is 0.359 e. The van der Waals surface area contributed by atoms with Crippen LogP contribution in [0.3, 0.4) is 0 Å². The van der Waals surface area contributed by atoms with Gasteiger partial charge in [-0.3, -0.25) is 0 Å². The lowest BCUT2D eigenvalue weighted by Crippen LogP contribution is -2.24. The van der Waals surface area contributed by atoms with Crippen molar-refractivity contribution in [3.63, 3.8) is 0 Å². The summed E-state index contributed by atoms with van der Waals surface area (Å²) in [5.74, 6) is 1.54. The predicted molar refractivity (Wildman–Crippen MR) is 106 cm³/mol. The minimum absolute atomic E-state index is 0.602. The van der Waals surface area contributed by atoms with Gasteiger partial charge in [0.05, 0.1) is 12.4 Å². The Bertz CT molecular complexity index is 1080. The number of hydrogen-bond donors (Lipinski definition) is 1. The molecule has 3 heterocycles. The average Bonchev–Trinajstić information content (AvgIpc) is 3.23. The molecule has 0 spiro atoms. The highest BCUT2D eigenvalue weighted by Gasteiger charge is 2.15. The normalized spacial score (nSPS) is 11.7. The van der Waals surface area contributed by atoms with Gasteiger partial charge in [-0.15, -0.1) is 10.2 Å². The molecule has 0 aliphatic rings. The van der Waals surface area contributed by atoms with Gasteiger partial charge in [-0.25, -0.2) is 9.97 Å². The van der Waals surface area contributed by atoms with Crippen molar-refractivity contribution in [2.45, 2.75) is 6.42 Å². The SMILES string of the molecule is CN(C)CCCN(C)c1ncnc2[nH]c3cc(-c4nnn(C)n4)ccc3c12. The predicted octanol–water partition coefficient (Wildman–Crippen LogP) is 1.69. The van der Waals surface area contributed by atoms with Crippen LogP contribution in [0.25, 0.3) is 33.3 Å². The van der Waals surface area contributed by atoms with E-state index in [0.29, 0.717) is 5.82 Å². The third kappa shape index (κ3) is 3.33. The van der Waals surface area contributed by atoms with Crippen molar-refractivity contribution in [2.24, 2.45) is 7.05 Å². The molecular weight excluding hydrogens is 342 g/mol. The highest BCUT2D eigenvalue weighted by Crippen LogP contribution is 2.32. The first-order valence-electron chi connectivity index (χ1n) is 8.89. The summed E-state index contributed by atoms with van der Waals surface area (Å²) in [4.78, 5) is 18.2. The van der Waals surface area contributed by atoms with E-state index in [4.69, 9.17) is 0 Å². The number of benzene rings is 1. The van der Waals surface area contributed by atoms with Crippen LogP contribution in [0.4, 0.5) is 5.82 Å². The molecular formula is C18H23N9. The Balaban J connectivity index is 1.73. The Labute approximate surface area is 157 Å². The number of fused-ring (bicyclic) bond motifs is 3. The van der Waals surface area contributed by atoms with Crippen LogP contribution in [0.2, 0.25) is 0 Å². The summed E-state index contributed by atoms with van der Waals surface area (Å²) in [6.45, 7) is 1.97. The molecule has 9 nitrogen and oxygen atoms in total. The smallest absolute Gasteiger partial charge is 0.204 e. The van der Waals surface area contributed by atoms with Crippen LogP contribution in [0.5, 0.6) is 0 Å². The third-order valence-electron chi connectivity index (χ3n) is 4.60. The molecule has 140 valence electrons. The molecule has 9 heteroatoms. The van der Waals surface area contributed by atoms with Gasteiger partial charge in [0.2, 0.25) is 5.82 Å². The Hall–Kier alpha value is -3.07. The highest BCUT2D eigenvalue weighted by molar-refractivity contribution is 6.11. The van der Waals surface area contributed by atoms with Gasteiger partial charge in [0, 0.05) is 30.1 Å². The summed E-state index contributed by atoms with van der Waals surface area (Å²) in [5, 5.41) is 14.4. The second-order valence-electron chi connectivity index (χ2n) is 6.99. The molecule has 0 radical (unpaired) electrons.